The van der Waals surface area contributed by atoms with Crippen LogP contribution in [0.1, 0.15) is 27.2 Å². The van der Waals surface area contributed by atoms with Gasteiger partial charge in [-0.05, 0) is 18.8 Å². The third-order valence-corrected chi connectivity index (χ3v) is 2.32. The summed E-state index contributed by atoms with van der Waals surface area (Å²) in [5.41, 5.74) is 0.129. The summed E-state index contributed by atoms with van der Waals surface area (Å²) in [4.78, 5) is 10.5. The number of hydrogen-bond donors (Lipinski definition) is 1. The molecule has 0 aromatic rings. The zero-order valence-electron chi connectivity index (χ0n) is 7.20. The lowest BCUT2D eigenvalue weighted by molar-refractivity contribution is -0.126. The van der Waals surface area contributed by atoms with Crippen LogP contribution in [-0.4, -0.2) is 17.3 Å². The predicted octanol–water partition coefficient (Wildman–Crippen LogP) is 1.53. The molecule has 1 aliphatic rings. The summed E-state index contributed by atoms with van der Waals surface area (Å²) in [7, 11) is 0. The Bertz CT molecular complexity index is 187. The number of alkyl halides is 1. The van der Waals surface area contributed by atoms with Crippen LogP contribution < -0.4 is 5.32 Å². The second-order valence-corrected chi connectivity index (χ2v) is 5.06. The van der Waals surface area contributed by atoms with Crippen molar-refractivity contribution in [2.45, 2.75) is 32.1 Å². The summed E-state index contributed by atoms with van der Waals surface area (Å²) in [5.74, 6) is -0.0431. The lowest BCUT2D eigenvalue weighted by Gasteiger charge is -2.38. The summed E-state index contributed by atoms with van der Waals surface area (Å²) < 4.78 is 0. The molecule has 0 saturated carbocycles. The van der Waals surface area contributed by atoms with E-state index < -0.39 is 4.87 Å². The van der Waals surface area contributed by atoms with Crippen molar-refractivity contribution in [2.75, 3.05) is 6.54 Å². The fourth-order valence-electron chi connectivity index (χ4n) is 1.55. The average Bonchev–Trinajstić information content (AvgIpc) is 1.77. The van der Waals surface area contributed by atoms with Gasteiger partial charge in [-0.2, -0.15) is 0 Å². The van der Waals surface area contributed by atoms with E-state index in [0.29, 0.717) is 0 Å². The average molecular weight is 176 g/mol. The van der Waals surface area contributed by atoms with Crippen molar-refractivity contribution in [1.29, 1.82) is 0 Å². The highest BCUT2D eigenvalue weighted by atomic mass is 35.5. The molecule has 64 valence electrons. The Labute approximate surface area is 72.3 Å². The van der Waals surface area contributed by atoms with Gasteiger partial charge >= 0.3 is 0 Å². The summed E-state index contributed by atoms with van der Waals surface area (Å²) in [6.07, 6.45) is 0.743. The maximum atomic E-state index is 11.2. The molecule has 1 aliphatic heterocycles. The molecule has 1 saturated heterocycles. The molecular weight excluding hydrogens is 162 g/mol. The molecule has 0 aliphatic carbocycles. The number of carbonyl (C=O) groups excluding carboxylic acids is 1. The fourth-order valence-corrected chi connectivity index (χ4v) is 1.97. The van der Waals surface area contributed by atoms with Crippen LogP contribution in [0.25, 0.3) is 0 Å². The molecule has 1 heterocycles. The molecular formula is C8H14ClNO. The van der Waals surface area contributed by atoms with Gasteiger partial charge in [-0.3, -0.25) is 4.79 Å². The quantitative estimate of drug-likeness (QED) is 0.556. The monoisotopic (exact) mass is 175 g/mol. The molecule has 0 aromatic carbocycles. The van der Waals surface area contributed by atoms with Crippen LogP contribution in [0.15, 0.2) is 0 Å². The first kappa shape index (κ1) is 8.85. The summed E-state index contributed by atoms with van der Waals surface area (Å²) >= 11 is 5.99. The van der Waals surface area contributed by atoms with E-state index in [0.717, 1.165) is 13.0 Å². The van der Waals surface area contributed by atoms with E-state index in [2.05, 4.69) is 19.2 Å². The van der Waals surface area contributed by atoms with Crippen LogP contribution in [0.2, 0.25) is 0 Å². The van der Waals surface area contributed by atoms with Gasteiger partial charge in [0.05, 0.1) is 0 Å². The van der Waals surface area contributed by atoms with Crippen LogP contribution in [0, 0.1) is 5.41 Å². The molecule has 0 aromatic heterocycles. The summed E-state index contributed by atoms with van der Waals surface area (Å²) in [6, 6.07) is 0. The van der Waals surface area contributed by atoms with E-state index in [1.807, 2.05) is 0 Å². The first-order valence-corrected chi connectivity index (χ1v) is 4.19. The standard InChI is InChI=1S/C8H14ClNO/c1-7(2)4-8(3,9)6(11)10-5-7/h4-5H2,1-3H3,(H,10,11). The number of rotatable bonds is 0. The highest BCUT2D eigenvalue weighted by molar-refractivity contribution is 6.34. The Morgan fingerprint density at radius 2 is 2.00 bits per heavy atom. The van der Waals surface area contributed by atoms with E-state index in [1.165, 1.54) is 0 Å². The number of amides is 1. The lowest BCUT2D eigenvalue weighted by Crippen LogP contribution is -2.52. The van der Waals surface area contributed by atoms with Gasteiger partial charge in [0.1, 0.15) is 4.87 Å². The third-order valence-electron chi connectivity index (χ3n) is 2.01. The Morgan fingerprint density at radius 1 is 1.45 bits per heavy atom. The van der Waals surface area contributed by atoms with Gasteiger partial charge in [-0.1, -0.05) is 13.8 Å². The van der Waals surface area contributed by atoms with Crippen LogP contribution in [0.5, 0.6) is 0 Å². The Balaban J connectivity index is 2.75. The van der Waals surface area contributed by atoms with Gasteiger partial charge in [0.2, 0.25) is 5.91 Å². The number of halogens is 1. The fraction of sp³-hybridized carbons (Fsp3) is 0.875. The summed E-state index contributed by atoms with van der Waals surface area (Å²) in [6.45, 7) is 6.71. The molecule has 1 rings (SSSR count). The lowest BCUT2D eigenvalue weighted by atomic mass is 9.79. The zero-order chi connectivity index (χ0) is 8.70. The van der Waals surface area contributed by atoms with Crippen molar-refractivity contribution in [3.05, 3.63) is 0 Å². The smallest absolute Gasteiger partial charge is 0.240 e. The van der Waals surface area contributed by atoms with Crippen molar-refractivity contribution in [2.24, 2.45) is 5.41 Å². The molecule has 1 atom stereocenters. The second-order valence-electron chi connectivity index (χ2n) is 4.22. The topological polar surface area (TPSA) is 29.1 Å². The summed E-state index contributed by atoms with van der Waals surface area (Å²) in [5, 5.41) is 2.79. The van der Waals surface area contributed by atoms with E-state index in [-0.39, 0.29) is 11.3 Å². The predicted molar refractivity (Wildman–Crippen MR) is 45.7 cm³/mol. The van der Waals surface area contributed by atoms with E-state index in [1.54, 1.807) is 6.92 Å². The highest BCUT2D eigenvalue weighted by Crippen LogP contribution is 2.35. The van der Waals surface area contributed by atoms with Gasteiger partial charge in [0.25, 0.3) is 0 Å². The largest absolute Gasteiger partial charge is 0.354 e. The number of carbonyl (C=O) groups is 1. The van der Waals surface area contributed by atoms with Gasteiger partial charge in [0.15, 0.2) is 0 Å². The molecule has 3 heteroatoms. The van der Waals surface area contributed by atoms with Crippen molar-refractivity contribution < 1.29 is 4.79 Å². The van der Waals surface area contributed by atoms with Gasteiger partial charge < -0.3 is 5.32 Å². The minimum absolute atomic E-state index is 0.0431. The molecule has 0 spiro atoms. The van der Waals surface area contributed by atoms with Gasteiger partial charge in [0, 0.05) is 6.54 Å². The maximum absolute atomic E-state index is 11.2. The normalized spacial score (nSPS) is 36.5. The highest BCUT2D eigenvalue weighted by Gasteiger charge is 2.41. The van der Waals surface area contributed by atoms with Crippen LogP contribution in [0.3, 0.4) is 0 Å². The first-order valence-electron chi connectivity index (χ1n) is 3.81. The Morgan fingerprint density at radius 3 is 2.36 bits per heavy atom. The molecule has 0 bridgehead atoms. The molecule has 11 heavy (non-hydrogen) atoms. The van der Waals surface area contributed by atoms with E-state index in [9.17, 15) is 4.79 Å². The van der Waals surface area contributed by atoms with E-state index in [4.69, 9.17) is 11.6 Å². The minimum Gasteiger partial charge on any atom is -0.354 e. The van der Waals surface area contributed by atoms with Gasteiger partial charge in [-0.25, -0.2) is 0 Å². The number of nitrogens with one attached hydrogen (secondary N) is 1. The van der Waals surface area contributed by atoms with Crippen molar-refractivity contribution in [3.8, 4) is 0 Å². The number of hydrogen-bond acceptors (Lipinski definition) is 1. The second kappa shape index (κ2) is 2.37. The minimum atomic E-state index is -0.707. The van der Waals surface area contributed by atoms with Gasteiger partial charge in [-0.15, -0.1) is 11.6 Å². The molecule has 1 N–H and O–H groups in total. The van der Waals surface area contributed by atoms with Crippen LogP contribution in [0.4, 0.5) is 0 Å². The first-order chi connectivity index (χ1) is 4.83. The SMILES string of the molecule is CC1(C)CNC(=O)C(C)(Cl)C1. The van der Waals surface area contributed by atoms with Crippen LogP contribution >= 0.6 is 11.6 Å². The van der Waals surface area contributed by atoms with Crippen molar-refractivity contribution in [1.82, 2.24) is 5.32 Å². The van der Waals surface area contributed by atoms with Crippen molar-refractivity contribution >= 4 is 17.5 Å². The molecule has 1 unspecified atom stereocenters. The third kappa shape index (κ3) is 1.86. The van der Waals surface area contributed by atoms with Crippen LogP contribution in [-0.2, 0) is 4.79 Å². The zero-order valence-corrected chi connectivity index (χ0v) is 7.96. The molecule has 0 radical (unpaired) electrons. The van der Waals surface area contributed by atoms with Crippen molar-refractivity contribution in [3.63, 3.8) is 0 Å². The molecule has 2 nitrogen and oxygen atoms in total. The Hall–Kier alpha value is -0.240. The molecule has 1 fully saturated rings. The number of piperidine rings is 1. The Kier molecular flexibility index (Phi) is 1.91. The maximum Gasteiger partial charge on any atom is 0.240 e. The van der Waals surface area contributed by atoms with E-state index >= 15 is 0 Å². The molecule has 1 amide bonds.